The first-order chi connectivity index (χ1) is 10.1. The number of aromatic nitrogens is 1. The van der Waals surface area contributed by atoms with Crippen LogP contribution in [-0.4, -0.2) is 11.5 Å². The highest BCUT2D eigenvalue weighted by Gasteiger charge is 2.11. The van der Waals surface area contributed by atoms with Gasteiger partial charge in [-0.05, 0) is 38.1 Å². The summed E-state index contributed by atoms with van der Waals surface area (Å²) in [6, 6.07) is 8.85. The SMILES string of the molecule is CCNC(C)c1ccc(OCc2ncccc2C)cc1F. The smallest absolute Gasteiger partial charge is 0.131 e. The van der Waals surface area contributed by atoms with Gasteiger partial charge in [0.25, 0.3) is 0 Å². The van der Waals surface area contributed by atoms with E-state index in [-0.39, 0.29) is 11.9 Å². The van der Waals surface area contributed by atoms with Gasteiger partial charge in [-0.1, -0.05) is 19.1 Å². The molecule has 0 aliphatic carbocycles. The highest BCUT2D eigenvalue weighted by atomic mass is 19.1. The Morgan fingerprint density at radius 2 is 2.14 bits per heavy atom. The predicted octanol–water partition coefficient (Wildman–Crippen LogP) is 3.78. The zero-order valence-corrected chi connectivity index (χ0v) is 12.7. The second kappa shape index (κ2) is 7.18. The van der Waals surface area contributed by atoms with Crippen LogP contribution in [0.3, 0.4) is 0 Å². The molecule has 0 amide bonds. The van der Waals surface area contributed by atoms with Gasteiger partial charge in [0.05, 0.1) is 5.69 Å². The average Bonchev–Trinajstić information content (AvgIpc) is 2.46. The molecule has 1 unspecified atom stereocenters. The Morgan fingerprint density at radius 3 is 2.81 bits per heavy atom. The van der Waals surface area contributed by atoms with Crippen molar-refractivity contribution < 1.29 is 9.13 Å². The molecule has 1 aromatic carbocycles. The van der Waals surface area contributed by atoms with Gasteiger partial charge in [0, 0.05) is 23.9 Å². The number of pyridine rings is 1. The van der Waals surface area contributed by atoms with Gasteiger partial charge in [0.15, 0.2) is 0 Å². The molecule has 1 atom stereocenters. The van der Waals surface area contributed by atoms with Gasteiger partial charge in [0.2, 0.25) is 0 Å². The fraction of sp³-hybridized carbons (Fsp3) is 0.353. The van der Waals surface area contributed by atoms with E-state index in [1.54, 1.807) is 18.3 Å². The molecule has 0 bridgehead atoms. The Balaban J connectivity index is 2.05. The monoisotopic (exact) mass is 288 g/mol. The highest BCUT2D eigenvalue weighted by molar-refractivity contribution is 5.31. The van der Waals surface area contributed by atoms with Gasteiger partial charge in [-0.3, -0.25) is 4.98 Å². The summed E-state index contributed by atoms with van der Waals surface area (Å²) in [4.78, 5) is 4.26. The fourth-order valence-corrected chi connectivity index (χ4v) is 2.19. The van der Waals surface area contributed by atoms with Crippen LogP contribution in [-0.2, 0) is 6.61 Å². The van der Waals surface area contributed by atoms with Crippen LogP contribution in [0.5, 0.6) is 5.75 Å². The zero-order valence-electron chi connectivity index (χ0n) is 12.7. The van der Waals surface area contributed by atoms with E-state index in [9.17, 15) is 4.39 Å². The molecular weight excluding hydrogens is 267 g/mol. The largest absolute Gasteiger partial charge is 0.487 e. The summed E-state index contributed by atoms with van der Waals surface area (Å²) in [7, 11) is 0. The first-order valence-electron chi connectivity index (χ1n) is 7.18. The minimum Gasteiger partial charge on any atom is -0.487 e. The second-order valence-electron chi connectivity index (χ2n) is 5.02. The van der Waals surface area contributed by atoms with Crippen LogP contribution in [0.25, 0.3) is 0 Å². The third-order valence-electron chi connectivity index (χ3n) is 3.44. The summed E-state index contributed by atoms with van der Waals surface area (Å²) in [6.07, 6.45) is 1.73. The standard InChI is InChI=1S/C17H21FN2O/c1-4-19-13(3)15-8-7-14(10-16(15)18)21-11-17-12(2)6-5-9-20-17/h5-10,13,19H,4,11H2,1-3H3. The molecule has 21 heavy (non-hydrogen) atoms. The molecule has 0 fully saturated rings. The summed E-state index contributed by atoms with van der Waals surface area (Å²) in [5, 5.41) is 3.20. The maximum atomic E-state index is 14.1. The molecule has 2 rings (SSSR count). The molecule has 112 valence electrons. The quantitative estimate of drug-likeness (QED) is 0.878. The summed E-state index contributed by atoms with van der Waals surface area (Å²) in [5.41, 5.74) is 2.58. The van der Waals surface area contributed by atoms with E-state index in [1.165, 1.54) is 6.07 Å². The first-order valence-corrected chi connectivity index (χ1v) is 7.18. The number of hydrogen-bond acceptors (Lipinski definition) is 3. The van der Waals surface area contributed by atoms with Gasteiger partial charge in [-0.2, -0.15) is 0 Å². The Labute approximate surface area is 125 Å². The number of ether oxygens (including phenoxy) is 1. The Bertz CT molecular complexity index is 601. The number of rotatable bonds is 6. The van der Waals surface area contributed by atoms with E-state index in [2.05, 4.69) is 10.3 Å². The molecule has 0 saturated heterocycles. The van der Waals surface area contributed by atoms with E-state index in [4.69, 9.17) is 4.74 Å². The highest BCUT2D eigenvalue weighted by Crippen LogP contribution is 2.22. The van der Waals surface area contributed by atoms with Gasteiger partial charge in [-0.15, -0.1) is 0 Å². The van der Waals surface area contributed by atoms with Crippen LogP contribution in [0, 0.1) is 12.7 Å². The number of halogens is 1. The molecule has 0 saturated carbocycles. The van der Waals surface area contributed by atoms with Crippen LogP contribution in [0.1, 0.15) is 36.7 Å². The Kier molecular flexibility index (Phi) is 5.28. The fourth-order valence-electron chi connectivity index (χ4n) is 2.19. The average molecular weight is 288 g/mol. The molecular formula is C17H21FN2O. The normalized spacial score (nSPS) is 12.2. The summed E-state index contributed by atoms with van der Waals surface area (Å²) >= 11 is 0. The molecule has 1 N–H and O–H groups in total. The van der Waals surface area contributed by atoms with Gasteiger partial charge >= 0.3 is 0 Å². The summed E-state index contributed by atoms with van der Waals surface area (Å²) in [6.45, 7) is 7.07. The first kappa shape index (κ1) is 15.4. The maximum absolute atomic E-state index is 14.1. The lowest BCUT2D eigenvalue weighted by atomic mass is 10.1. The van der Waals surface area contributed by atoms with Crippen molar-refractivity contribution in [2.75, 3.05) is 6.54 Å². The van der Waals surface area contributed by atoms with Crippen molar-refractivity contribution in [1.82, 2.24) is 10.3 Å². The number of aryl methyl sites for hydroxylation is 1. The van der Waals surface area contributed by atoms with Crippen LogP contribution < -0.4 is 10.1 Å². The van der Waals surface area contributed by atoms with Crippen LogP contribution in [0.4, 0.5) is 4.39 Å². The van der Waals surface area contributed by atoms with Gasteiger partial charge < -0.3 is 10.1 Å². The molecule has 0 aliphatic heterocycles. The lowest BCUT2D eigenvalue weighted by Crippen LogP contribution is -2.18. The summed E-state index contributed by atoms with van der Waals surface area (Å²) in [5.74, 6) is 0.267. The molecule has 1 aromatic heterocycles. The predicted molar refractivity (Wildman–Crippen MR) is 81.8 cm³/mol. The number of nitrogens with zero attached hydrogens (tertiary/aromatic N) is 1. The zero-order chi connectivity index (χ0) is 15.2. The molecule has 0 aliphatic rings. The number of benzene rings is 1. The van der Waals surface area contributed by atoms with Crippen molar-refractivity contribution in [2.24, 2.45) is 0 Å². The van der Waals surface area contributed by atoms with E-state index < -0.39 is 0 Å². The molecule has 4 heteroatoms. The lowest BCUT2D eigenvalue weighted by molar-refractivity contribution is 0.298. The minimum absolute atomic E-state index is 0.0120. The molecule has 3 nitrogen and oxygen atoms in total. The topological polar surface area (TPSA) is 34.1 Å². The Morgan fingerprint density at radius 1 is 1.33 bits per heavy atom. The second-order valence-corrected chi connectivity index (χ2v) is 5.02. The van der Waals surface area contributed by atoms with E-state index >= 15 is 0 Å². The number of nitrogens with one attached hydrogen (secondary N) is 1. The third kappa shape index (κ3) is 4.02. The van der Waals surface area contributed by atoms with Gasteiger partial charge in [-0.25, -0.2) is 4.39 Å². The van der Waals surface area contributed by atoms with Gasteiger partial charge in [0.1, 0.15) is 18.2 Å². The molecule has 0 spiro atoms. The minimum atomic E-state index is -0.251. The summed E-state index contributed by atoms with van der Waals surface area (Å²) < 4.78 is 19.7. The van der Waals surface area contributed by atoms with Crippen molar-refractivity contribution in [3.63, 3.8) is 0 Å². The van der Waals surface area contributed by atoms with Crippen molar-refractivity contribution in [3.8, 4) is 5.75 Å². The maximum Gasteiger partial charge on any atom is 0.131 e. The lowest BCUT2D eigenvalue weighted by Gasteiger charge is -2.15. The third-order valence-corrected chi connectivity index (χ3v) is 3.44. The molecule has 1 heterocycles. The van der Waals surface area contributed by atoms with Crippen molar-refractivity contribution in [1.29, 1.82) is 0 Å². The molecule has 0 radical (unpaired) electrons. The van der Waals surface area contributed by atoms with Crippen LogP contribution in [0.15, 0.2) is 36.5 Å². The Hall–Kier alpha value is -1.94. The van der Waals surface area contributed by atoms with E-state index in [1.807, 2.05) is 32.9 Å². The number of hydrogen-bond donors (Lipinski definition) is 1. The van der Waals surface area contributed by atoms with Crippen LogP contribution in [0.2, 0.25) is 0 Å². The van der Waals surface area contributed by atoms with Crippen molar-refractivity contribution >= 4 is 0 Å². The van der Waals surface area contributed by atoms with E-state index in [0.29, 0.717) is 17.9 Å². The van der Waals surface area contributed by atoms with Crippen molar-refractivity contribution in [2.45, 2.75) is 33.4 Å². The van der Waals surface area contributed by atoms with E-state index in [0.717, 1.165) is 17.8 Å². The molecule has 2 aromatic rings. The van der Waals surface area contributed by atoms with Crippen molar-refractivity contribution in [3.05, 3.63) is 59.2 Å². The van der Waals surface area contributed by atoms with Crippen LogP contribution >= 0.6 is 0 Å².